The van der Waals surface area contributed by atoms with Crippen LogP contribution in [0, 0.1) is 0 Å². The molecule has 0 saturated carbocycles. The molecule has 0 rings (SSSR count). The van der Waals surface area contributed by atoms with E-state index in [1.807, 2.05) is 0 Å². The molecule has 2 N–H and O–H groups in total. The molecule has 0 bridgehead atoms. The van der Waals surface area contributed by atoms with Crippen LogP contribution >= 0.6 is 11.6 Å². The molecule has 0 saturated heterocycles. The van der Waals surface area contributed by atoms with Gasteiger partial charge in [0.15, 0.2) is 0 Å². The quantitative estimate of drug-likeness (QED) is 0.482. The Kier molecular flexibility index (Phi) is 3.65. The molecule has 0 amide bonds. The van der Waals surface area contributed by atoms with Crippen molar-refractivity contribution in [3.63, 3.8) is 0 Å². The van der Waals surface area contributed by atoms with Crippen molar-refractivity contribution >= 4 is 11.6 Å². The van der Waals surface area contributed by atoms with Crippen LogP contribution in [0.5, 0.6) is 0 Å². The van der Waals surface area contributed by atoms with Gasteiger partial charge in [0.2, 0.25) is 0 Å². The van der Waals surface area contributed by atoms with Gasteiger partial charge in [-0.15, -0.1) is 0 Å². The van der Waals surface area contributed by atoms with Crippen LogP contribution in [0.15, 0.2) is 35.3 Å². The Hall–Kier alpha value is -0.890. The number of aliphatic hydroxyl groups is 2. The summed E-state index contributed by atoms with van der Waals surface area (Å²) in [7, 11) is 0. The Bertz CT molecular complexity index is 192. The summed E-state index contributed by atoms with van der Waals surface area (Å²) in [6.07, 6.45) is 2.55. The average molecular weight is 161 g/mol. The van der Waals surface area contributed by atoms with E-state index in [-0.39, 0.29) is 16.6 Å². The fourth-order valence-electron chi connectivity index (χ4n) is 0.302. The maximum absolute atomic E-state index is 8.86. The molecule has 56 valence electrons. The van der Waals surface area contributed by atoms with E-state index in [1.165, 1.54) is 6.08 Å². The van der Waals surface area contributed by atoms with Crippen LogP contribution in [0.2, 0.25) is 0 Å². The molecule has 0 aliphatic carbocycles. The Labute approximate surface area is 64.8 Å². The van der Waals surface area contributed by atoms with Crippen molar-refractivity contribution in [2.24, 2.45) is 0 Å². The van der Waals surface area contributed by atoms with E-state index in [0.29, 0.717) is 0 Å². The summed E-state index contributed by atoms with van der Waals surface area (Å²) in [5, 5.41) is 17.7. The van der Waals surface area contributed by atoms with Gasteiger partial charge in [0.25, 0.3) is 0 Å². The van der Waals surface area contributed by atoms with Gasteiger partial charge >= 0.3 is 0 Å². The van der Waals surface area contributed by atoms with Crippen molar-refractivity contribution < 1.29 is 10.2 Å². The summed E-state index contributed by atoms with van der Waals surface area (Å²) in [6, 6.07) is 0. The molecule has 0 radical (unpaired) electrons. The number of hydrogen-bond donors (Lipinski definition) is 2. The van der Waals surface area contributed by atoms with Gasteiger partial charge in [-0.1, -0.05) is 18.2 Å². The second-order valence-corrected chi connectivity index (χ2v) is 2.10. The highest BCUT2D eigenvalue weighted by Gasteiger charge is 1.95. The molecular weight excluding hydrogens is 152 g/mol. The van der Waals surface area contributed by atoms with E-state index in [4.69, 9.17) is 21.8 Å². The minimum Gasteiger partial charge on any atom is -0.508 e. The molecule has 0 aromatic carbocycles. The smallest absolute Gasteiger partial charge is 0.137 e. The normalized spacial score (nSPS) is 13.4. The largest absolute Gasteiger partial charge is 0.508 e. The lowest BCUT2D eigenvalue weighted by molar-refractivity contribution is 0.402. The molecule has 0 aliphatic rings. The number of halogens is 1. The summed E-state index contributed by atoms with van der Waals surface area (Å²) in [5.74, 6) is -0.267. The fourth-order valence-corrected chi connectivity index (χ4v) is 0.356. The highest BCUT2D eigenvalue weighted by molar-refractivity contribution is 6.31. The number of rotatable bonds is 2. The molecule has 0 spiro atoms. The van der Waals surface area contributed by atoms with Crippen LogP contribution in [0.3, 0.4) is 0 Å². The lowest BCUT2D eigenvalue weighted by Crippen LogP contribution is -1.81. The summed E-state index contributed by atoms with van der Waals surface area (Å²) in [6.45, 7) is 4.89. The monoisotopic (exact) mass is 160 g/mol. The maximum atomic E-state index is 8.86. The Morgan fingerprint density at radius 1 is 1.50 bits per heavy atom. The van der Waals surface area contributed by atoms with E-state index >= 15 is 0 Å². The van der Waals surface area contributed by atoms with Gasteiger partial charge in [-0.2, -0.15) is 0 Å². The maximum Gasteiger partial charge on any atom is 0.137 e. The SMILES string of the molecule is C=C(Cl)/C(O)=C\C(O)=C/C. The molecule has 2 nitrogen and oxygen atoms in total. The first-order valence-electron chi connectivity index (χ1n) is 2.68. The minimum atomic E-state index is -0.225. The summed E-state index contributed by atoms with van der Waals surface area (Å²) < 4.78 is 0. The van der Waals surface area contributed by atoms with Crippen molar-refractivity contribution in [1.29, 1.82) is 0 Å². The molecule has 3 heteroatoms. The summed E-state index contributed by atoms with van der Waals surface area (Å²) >= 11 is 5.28. The van der Waals surface area contributed by atoms with Crippen LogP contribution in [-0.4, -0.2) is 10.2 Å². The van der Waals surface area contributed by atoms with E-state index in [9.17, 15) is 0 Å². The number of hydrogen-bond acceptors (Lipinski definition) is 2. The average Bonchev–Trinajstić information content (AvgIpc) is 1.87. The van der Waals surface area contributed by atoms with Crippen LogP contribution < -0.4 is 0 Å². The zero-order valence-corrected chi connectivity index (χ0v) is 6.39. The Morgan fingerprint density at radius 2 is 2.00 bits per heavy atom. The first-order chi connectivity index (χ1) is 4.57. The van der Waals surface area contributed by atoms with Crippen molar-refractivity contribution in [2.45, 2.75) is 6.92 Å². The predicted molar refractivity (Wildman–Crippen MR) is 42.1 cm³/mol. The lowest BCUT2D eigenvalue weighted by Gasteiger charge is -1.93. The topological polar surface area (TPSA) is 40.5 Å². The van der Waals surface area contributed by atoms with Gasteiger partial charge in [0.1, 0.15) is 11.5 Å². The van der Waals surface area contributed by atoms with E-state index in [0.717, 1.165) is 6.08 Å². The molecule has 0 atom stereocenters. The predicted octanol–water partition coefficient (Wildman–Crippen LogP) is 2.64. The number of aliphatic hydroxyl groups excluding tert-OH is 2. The van der Waals surface area contributed by atoms with Crippen LogP contribution in [-0.2, 0) is 0 Å². The molecule has 0 aromatic rings. The first-order valence-corrected chi connectivity index (χ1v) is 3.06. The standard InChI is InChI=1S/C7H9ClO2/c1-3-6(9)4-7(10)5(2)8/h3-4,9-10H,2H2,1H3/b6-3+,7-4+. The molecule has 0 aromatic heterocycles. The number of allylic oxidation sites excluding steroid dienone is 3. The molecule has 0 heterocycles. The first kappa shape index (κ1) is 9.11. The zero-order chi connectivity index (χ0) is 8.15. The zero-order valence-electron chi connectivity index (χ0n) is 5.63. The van der Waals surface area contributed by atoms with Crippen molar-refractivity contribution in [2.75, 3.05) is 0 Å². The van der Waals surface area contributed by atoms with Crippen molar-refractivity contribution in [1.82, 2.24) is 0 Å². The van der Waals surface area contributed by atoms with Gasteiger partial charge in [0.05, 0.1) is 5.03 Å². The van der Waals surface area contributed by atoms with Crippen molar-refractivity contribution in [3.05, 3.63) is 35.3 Å². The highest BCUT2D eigenvalue weighted by atomic mass is 35.5. The van der Waals surface area contributed by atoms with E-state index in [2.05, 4.69) is 6.58 Å². The second-order valence-electron chi connectivity index (χ2n) is 1.65. The molecule has 0 unspecified atom stereocenters. The van der Waals surface area contributed by atoms with E-state index < -0.39 is 0 Å². The molecule has 0 fully saturated rings. The molecular formula is C7H9ClO2. The van der Waals surface area contributed by atoms with Gasteiger partial charge in [-0.05, 0) is 13.0 Å². The highest BCUT2D eigenvalue weighted by Crippen LogP contribution is 2.09. The fraction of sp³-hybridized carbons (Fsp3) is 0.143. The van der Waals surface area contributed by atoms with Gasteiger partial charge in [-0.25, -0.2) is 0 Å². The van der Waals surface area contributed by atoms with Crippen LogP contribution in [0.4, 0.5) is 0 Å². The molecule has 10 heavy (non-hydrogen) atoms. The molecule has 0 aliphatic heterocycles. The lowest BCUT2D eigenvalue weighted by atomic mass is 10.3. The third-order valence-corrected chi connectivity index (χ3v) is 1.05. The van der Waals surface area contributed by atoms with Crippen LogP contribution in [0.25, 0.3) is 0 Å². The van der Waals surface area contributed by atoms with Gasteiger partial charge < -0.3 is 10.2 Å². The van der Waals surface area contributed by atoms with Gasteiger partial charge in [-0.3, -0.25) is 0 Å². The van der Waals surface area contributed by atoms with Gasteiger partial charge in [0, 0.05) is 6.08 Å². The Morgan fingerprint density at radius 3 is 2.30 bits per heavy atom. The van der Waals surface area contributed by atoms with E-state index in [1.54, 1.807) is 6.92 Å². The Balaban J connectivity index is 4.31. The third kappa shape index (κ3) is 3.20. The summed E-state index contributed by atoms with van der Waals surface area (Å²) in [5.41, 5.74) is 0. The minimum absolute atomic E-state index is 0.00778. The third-order valence-electron chi connectivity index (χ3n) is 0.858. The van der Waals surface area contributed by atoms with Crippen LogP contribution in [0.1, 0.15) is 6.92 Å². The van der Waals surface area contributed by atoms with Crippen molar-refractivity contribution in [3.8, 4) is 0 Å². The summed E-state index contributed by atoms with van der Waals surface area (Å²) in [4.78, 5) is 0. The second kappa shape index (κ2) is 4.01.